The van der Waals surface area contributed by atoms with Crippen LogP contribution in [0, 0.1) is 17.3 Å². The van der Waals surface area contributed by atoms with Crippen molar-refractivity contribution in [1.29, 1.82) is 0 Å². The van der Waals surface area contributed by atoms with Crippen molar-refractivity contribution in [3.05, 3.63) is 143 Å². The van der Waals surface area contributed by atoms with E-state index in [1.54, 1.807) is 16.3 Å². The first-order valence-corrected chi connectivity index (χ1v) is 25.0. The molecule has 2 aromatic carbocycles. The van der Waals surface area contributed by atoms with Gasteiger partial charge in [-0.15, -0.1) is 11.8 Å². The number of thioether (sulfide) groups is 1. The number of fused-ring (bicyclic) bond motifs is 17. The fourth-order valence-electron chi connectivity index (χ4n) is 11.0. The number of hydrogen-bond donors (Lipinski definition) is 0. The molecule has 0 radical (unpaired) electrons. The minimum absolute atomic E-state index is 0.173. The maximum atomic E-state index is 2.77. The van der Waals surface area contributed by atoms with E-state index < -0.39 is 8.07 Å². The molecule has 54 heavy (non-hydrogen) atoms. The zero-order valence-electron chi connectivity index (χ0n) is 33.7. The molecule has 2 nitrogen and oxygen atoms in total. The molecule has 7 atom stereocenters. The van der Waals surface area contributed by atoms with Crippen LogP contribution in [0.25, 0.3) is 22.5 Å². The second-order valence-corrected chi connectivity index (χ2v) is 25.9. The van der Waals surface area contributed by atoms with Gasteiger partial charge in [0.1, 0.15) is 5.92 Å². The van der Waals surface area contributed by atoms with Crippen LogP contribution in [0.4, 0.5) is 0 Å². The van der Waals surface area contributed by atoms with Crippen molar-refractivity contribution >= 4 is 25.0 Å². The quantitative estimate of drug-likeness (QED) is 0.146. The Bertz CT molecular complexity index is 2380. The predicted octanol–water partition coefficient (Wildman–Crippen LogP) is 11.1. The lowest BCUT2D eigenvalue weighted by Crippen LogP contribution is -2.54. The Hall–Kier alpha value is -3.73. The highest BCUT2D eigenvalue weighted by Crippen LogP contribution is 2.72. The molecule has 2 aromatic heterocycles. The SMILES string of the molecule is CC(C)C(C)c1cc[n+]2c(c1)-c1c(ccc3c1SC1C(C4C=CC=CC4)=CC=CC31)C21C2c3ccccc3-c3cc(CC(C)(C)C)c([Si](C)(C)C)c[n+]3C21. The van der Waals surface area contributed by atoms with Crippen molar-refractivity contribution < 1.29 is 9.13 Å². The smallest absolute Gasteiger partial charge is 0.187 e. The van der Waals surface area contributed by atoms with E-state index in [0.29, 0.717) is 40.9 Å². The van der Waals surface area contributed by atoms with Crippen LogP contribution in [0.3, 0.4) is 0 Å². The van der Waals surface area contributed by atoms with Crippen LogP contribution >= 0.6 is 11.8 Å². The van der Waals surface area contributed by atoms with Crippen LogP contribution in [0.2, 0.25) is 19.6 Å². The molecule has 0 amide bonds. The number of nitrogens with zero attached hydrogens (tertiary/aromatic N) is 2. The van der Waals surface area contributed by atoms with Gasteiger partial charge in [-0.1, -0.05) is 134 Å². The van der Waals surface area contributed by atoms with Gasteiger partial charge in [0.05, 0.1) is 19.2 Å². The van der Waals surface area contributed by atoms with Gasteiger partial charge in [-0.25, -0.2) is 0 Å². The summed E-state index contributed by atoms with van der Waals surface area (Å²) >= 11 is 2.17. The van der Waals surface area contributed by atoms with Crippen molar-refractivity contribution in [1.82, 2.24) is 0 Å². The van der Waals surface area contributed by atoms with Crippen molar-refractivity contribution in [2.24, 2.45) is 17.3 Å². The Balaban J connectivity index is 1.20. The molecule has 274 valence electrons. The van der Waals surface area contributed by atoms with E-state index in [4.69, 9.17) is 0 Å². The number of hydrogen-bond acceptors (Lipinski definition) is 1. The zero-order valence-corrected chi connectivity index (χ0v) is 35.5. The van der Waals surface area contributed by atoms with Gasteiger partial charge in [-0.3, -0.25) is 0 Å². The summed E-state index contributed by atoms with van der Waals surface area (Å²) in [5, 5.41) is 2.07. The summed E-state index contributed by atoms with van der Waals surface area (Å²) in [6.45, 7) is 22.0. The normalized spacial score (nSPS) is 27.1. The van der Waals surface area contributed by atoms with Crippen LogP contribution in [0.15, 0.2) is 120 Å². The summed E-state index contributed by atoms with van der Waals surface area (Å²) < 4.78 is 5.54. The number of rotatable bonds is 5. The first kappa shape index (κ1) is 34.7. The molecule has 0 bridgehead atoms. The zero-order chi connectivity index (χ0) is 37.5. The monoisotopic (exact) mass is 744 g/mol. The maximum absolute atomic E-state index is 2.77. The average Bonchev–Trinajstić information content (AvgIpc) is 3.56. The molecule has 3 aliphatic carbocycles. The standard InChI is InChI=1S/C50H56N2SSi/c1-30(2)31(3)33-24-25-52-42(26-33)44-40(23-22-39-38-21-15-20-35(46(38)53-47(39)44)32-16-11-10-12-17-32)50(52)45-37-19-14-13-18-36(37)41-27-34(28-49(4,5)6)43(54(7,8)9)29-51(41)48(45)50/h10-16,18-27,29-32,38,45-46,48H,17,28H2,1-9H3/q+2. The molecule has 5 heterocycles. The van der Waals surface area contributed by atoms with Crippen LogP contribution < -0.4 is 14.3 Å². The van der Waals surface area contributed by atoms with Gasteiger partial charge in [0.2, 0.25) is 17.4 Å². The van der Waals surface area contributed by atoms with Crippen molar-refractivity contribution in [3.8, 4) is 22.5 Å². The molecule has 1 spiro atoms. The largest absolute Gasteiger partial charge is 0.269 e. The lowest BCUT2D eigenvalue weighted by Gasteiger charge is -2.28. The van der Waals surface area contributed by atoms with Crippen molar-refractivity contribution in [3.63, 3.8) is 0 Å². The number of benzene rings is 2. The van der Waals surface area contributed by atoms with E-state index >= 15 is 0 Å². The molecule has 0 saturated heterocycles. The Morgan fingerprint density at radius 2 is 1.72 bits per heavy atom. The van der Waals surface area contributed by atoms with Gasteiger partial charge >= 0.3 is 0 Å². The van der Waals surface area contributed by atoms with E-state index in [1.807, 2.05) is 0 Å². The minimum Gasteiger partial charge on any atom is -0.187 e. The van der Waals surface area contributed by atoms with Crippen molar-refractivity contribution in [2.75, 3.05) is 0 Å². The number of aromatic nitrogens is 2. The van der Waals surface area contributed by atoms with Gasteiger partial charge in [-0.05, 0) is 64.0 Å². The topological polar surface area (TPSA) is 7.76 Å². The molecular formula is C50H56N2SSi+2. The second-order valence-electron chi connectivity index (χ2n) is 19.8. The summed E-state index contributed by atoms with van der Waals surface area (Å²) in [7, 11) is -1.67. The summed E-state index contributed by atoms with van der Waals surface area (Å²) in [5.74, 6) is 2.33. The molecule has 4 aromatic rings. The summed E-state index contributed by atoms with van der Waals surface area (Å²) in [4.78, 5) is 1.53. The van der Waals surface area contributed by atoms with E-state index in [1.165, 1.54) is 49.7 Å². The first-order chi connectivity index (χ1) is 25.8. The van der Waals surface area contributed by atoms with Crippen LogP contribution in [-0.2, 0) is 12.0 Å². The molecule has 7 unspecified atom stereocenters. The maximum Gasteiger partial charge on any atom is 0.269 e. The van der Waals surface area contributed by atoms with Crippen LogP contribution in [-0.4, -0.2) is 13.3 Å². The summed E-state index contributed by atoms with van der Waals surface area (Å²) in [5.41, 5.74) is 15.0. The van der Waals surface area contributed by atoms with Gasteiger partial charge in [0.15, 0.2) is 12.4 Å². The Morgan fingerprint density at radius 1 is 0.907 bits per heavy atom. The molecule has 4 heteroatoms. The molecule has 10 rings (SSSR count). The molecular weight excluding hydrogens is 689 g/mol. The third kappa shape index (κ3) is 4.91. The van der Waals surface area contributed by atoms with E-state index in [9.17, 15) is 0 Å². The molecule has 0 N–H and O–H groups in total. The Labute approximate surface area is 328 Å². The van der Waals surface area contributed by atoms with E-state index in [2.05, 4.69) is 192 Å². The fraction of sp³-hybridized carbons (Fsp3) is 0.400. The Morgan fingerprint density at radius 3 is 2.46 bits per heavy atom. The third-order valence-electron chi connectivity index (χ3n) is 13.8. The summed E-state index contributed by atoms with van der Waals surface area (Å²) in [6, 6.07) is 22.5. The number of pyridine rings is 2. The fourth-order valence-corrected chi connectivity index (χ4v) is 14.3. The first-order valence-electron chi connectivity index (χ1n) is 20.6. The van der Waals surface area contributed by atoms with Gasteiger partial charge < -0.3 is 0 Å². The van der Waals surface area contributed by atoms with Gasteiger partial charge in [0, 0.05) is 50.9 Å². The highest BCUT2D eigenvalue weighted by atomic mass is 32.2. The highest BCUT2D eigenvalue weighted by Gasteiger charge is 2.86. The van der Waals surface area contributed by atoms with Gasteiger partial charge in [-0.2, -0.15) is 9.13 Å². The third-order valence-corrected chi connectivity index (χ3v) is 17.3. The molecule has 1 fully saturated rings. The highest BCUT2D eigenvalue weighted by molar-refractivity contribution is 8.00. The second kappa shape index (κ2) is 11.9. The van der Waals surface area contributed by atoms with Gasteiger partial charge in [0.25, 0.3) is 5.54 Å². The van der Waals surface area contributed by atoms with Crippen LogP contribution in [0.1, 0.15) is 99.6 Å². The average molecular weight is 745 g/mol. The molecule has 3 aliphatic heterocycles. The van der Waals surface area contributed by atoms with Crippen molar-refractivity contribution in [2.45, 2.75) is 114 Å². The molecule has 6 aliphatic rings. The van der Waals surface area contributed by atoms with E-state index in [-0.39, 0.29) is 11.0 Å². The number of allylic oxidation sites excluding steroid dienone is 7. The predicted molar refractivity (Wildman–Crippen MR) is 228 cm³/mol. The lowest BCUT2D eigenvalue weighted by molar-refractivity contribution is -0.771. The lowest BCUT2D eigenvalue weighted by atomic mass is 9.80. The molecule has 1 saturated carbocycles. The van der Waals surface area contributed by atoms with E-state index in [0.717, 1.165) is 12.8 Å². The minimum atomic E-state index is -1.67. The summed E-state index contributed by atoms with van der Waals surface area (Å²) in [6.07, 6.45) is 23.9. The van der Waals surface area contributed by atoms with Crippen LogP contribution in [0.5, 0.6) is 0 Å². The Kier molecular flexibility index (Phi) is 7.65.